The Balaban J connectivity index is 1.22. The van der Waals surface area contributed by atoms with Crippen LogP contribution in [0.5, 0.6) is 5.75 Å². The fraction of sp³-hybridized carbons (Fsp3) is 0.464. The molecule has 1 fully saturated rings. The van der Waals surface area contributed by atoms with Crippen LogP contribution >= 0.6 is 0 Å². The molecule has 2 heterocycles. The highest BCUT2D eigenvalue weighted by Gasteiger charge is 2.22. The second kappa shape index (κ2) is 11.1. The van der Waals surface area contributed by atoms with Crippen LogP contribution in [0.4, 0.5) is 5.69 Å². The van der Waals surface area contributed by atoms with E-state index in [1.165, 1.54) is 38.5 Å². The maximum absolute atomic E-state index is 13.0. The number of hydrogen-bond donors (Lipinski definition) is 2. The Morgan fingerprint density at radius 2 is 1.78 bits per heavy atom. The molecule has 1 atom stereocenters. The van der Waals surface area contributed by atoms with Gasteiger partial charge in [0.05, 0.1) is 10.6 Å². The second-order valence-electron chi connectivity index (χ2n) is 10.2. The van der Waals surface area contributed by atoms with Gasteiger partial charge in [0.25, 0.3) is 10.0 Å². The molecule has 2 aromatic carbocycles. The van der Waals surface area contributed by atoms with Crippen LogP contribution in [0.3, 0.4) is 0 Å². The van der Waals surface area contributed by atoms with Crippen molar-refractivity contribution in [2.45, 2.75) is 75.3 Å². The van der Waals surface area contributed by atoms with E-state index in [9.17, 15) is 13.2 Å². The van der Waals surface area contributed by atoms with Crippen LogP contribution in [0.25, 0.3) is 5.69 Å². The molecule has 1 saturated carbocycles. The first-order valence-corrected chi connectivity index (χ1v) is 14.8. The minimum atomic E-state index is -3.77. The Hall–Kier alpha value is -3.04. The summed E-state index contributed by atoms with van der Waals surface area (Å²) in [6.45, 7) is 1.16. The lowest BCUT2D eigenvalue weighted by Gasteiger charge is -2.25. The standard InChI is InChI=1S/C28H36N4O4S/c29-20-25-13-8-22-19-26(14-15-27(22)36-25)37(34,35)30-23-9-11-24(12-10-23)32-18-17-31(28(32)33)16-4-7-21-5-2-1-3-6-21/h9-12,14-15,17-19,21,25,30H,1-8,13,16,20,29H2. The molecule has 3 N–H and O–H groups in total. The van der Waals surface area contributed by atoms with Crippen LogP contribution in [0.2, 0.25) is 0 Å². The number of nitrogens with one attached hydrogen (secondary N) is 1. The third-order valence-corrected chi connectivity index (χ3v) is 8.99. The summed E-state index contributed by atoms with van der Waals surface area (Å²) < 4.78 is 37.8. The summed E-state index contributed by atoms with van der Waals surface area (Å²) in [6, 6.07) is 11.8. The zero-order chi connectivity index (χ0) is 25.8. The van der Waals surface area contributed by atoms with Gasteiger partial charge in [0.1, 0.15) is 11.9 Å². The van der Waals surface area contributed by atoms with Gasteiger partial charge in [0, 0.05) is 31.2 Å². The zero-order valence-corrected chi connectivity index (χ0v) is 22.0. The van der Waals surface area contributed by atoms with E-state index < -0.39 is 10.0 Å². The second-order valence-corrected chi connectivity index (χ2v) is 11.9. The first-order chi connectivity index (χ1) is 17.9. The van der Waals surface area contributed by atoms with Crippen LogP contribution in [0.15, 0.2) is 64.5 Å². The van der Waals surface area contributed by atoms with Gasteiger partial charge in [0.2, 0.25) is 0 Å². The molecule has 2 aliphatic rings. The van der Waals surface area contributed by atoms with E-state index in [1.54, 1.807) is 57.8 Å². The average molecular weight is 525 g/mol. The summed E-state index contributed by atoms with van der Waals surface area (Å²) >= 11 is 0. The van der Waals surface area contributed by atoms with Crippen molar-refractivity contribution in [1.29, 1.82) is 0 Å². The zero-order valence-electron chi connectivity index (χ0n) is 21.1. The Morgan fingerprint density at radius 3 is 2.54 bits per heavy atom. The van der Waals surface area contributed by atoms with E-state index in [2.05, 4.69) is 4.72 Å². The number of rotatable bonds is 9. The van der Waals surface area contributed by atoms with Crippen molar-refractivity contribution >= 4 is 15.7 Å². The van der Waals surface area contributed by atoms with Crippen LogP contribution in [-0.4, -0.2) is 30.2 Å². The molecule has 1 unspecified atom stereocenters. The highest BCUT2D eigenvalue weighted by Crippen LogP contribution is 2.30. The molecular weight excluding hydrogens is 488 g/mol. The molecular formula is C28H36N4O4S. The predicted octanol–water partition coefficient (Wildman–Crippen LogP) is 4.45. The fourth-order valence-electron chi connectivity index (χ4n) is 5.46. The van der Waals surface area contributed by atoms with E-state index in [4.69, 9.17) is 10.5 Å². The average Bonchev–Trinajstić information content (AvgIpc) is 3.28. The van der Waals surface area contributed by atoms with Gasteiger partial charge >= 0.3 is 5.69 Å². The molecule has 0 spiro atoms. The minimum absolute atomic E-state index is 0.0300. The molecule has 1 aromatic heterocycles. The molecule has 0 saturated heterocycles. The van der Waals surface area contributed by atoms with Crippen molar-refractivity contribution in [3.8, 4) is 11.4 Å². The predicted molar refractivity (Wildman–Crippen MR) is 145 cm³/mol. The van der Waals surface area contributed by atoms with Crippen molar-refractivity contribution in [3.63, 3.8) is 0 Å². The normalized spacial score (nSPS) is 18.2. The Bertz CT molecular complexity index is 1370. The quantitative estimate of drug-likeness (QED) is 0.430. The molecule has 5 rings (SSSR count). The molecule has 8 nitrogen and oxygen atoms in total. The lowest BCUT2D eigenvalue weighted by Crippen LogP contribution is -2.30. The first kappa shape index (κ1) is 25.6. The molecule has 198 valence electrons. The van der Waals surface area contributed by atoms with Gasteiger partial charge in [-0.05, 0) is 79.6 Å². The van der Waals surface area contributed by atoms with Gasteiger partial charge in [-0.2, -0.15) is 0 Å². The minimum Gasteiger partial charge on any atom is -0.489 e. The maximum atomic E-state index is 13.0. The number of anilines is 1. The monoisotopic (exact) mass is 524 g/mol. The van der Waals surface area contributed by atoms with Crippen molar-refractivity contribution in [3.05, 3.63) is 70.9 Å². The van der Waals surface area contributed by atoms with Crippen LogP contribution < -0.4 is 20.9 Å². The van der Waals surface area contributed by atoms with Crippen molar-refractivity contribution in [1.82, 2.24) is 9.13 Å². The first-order valence-electron chi connectivity index (χ1n) is 13.3. The summed E-state index contributed by atoms with van der Waals surface area (Å²) in [5, 5.41) is 0. The highest BCUT2D eigenvalue weighted by atomic mass is 32.2. The SMILES string of the molecule is NCC1CCc2cc(S(=O)(=O)Nc3ccc(-n4ccn(CCCC5CCCCC5)c4=O)cc3)ccc2O1. The Labute approximate surface area is 218 Å². The number of hydrogen-bond acceptors (Lipinski definition) is 5. The van der Waals surface area contributed by atoms with Crippen LogP contribution in [-0.2, 0) is 23.0 Å². The third-order valence-electron chi connectivity index (χ3n) is 7.62. The lowest BCUT2D eigenvalue weighted by atomic mass is 9.86. The van der Waals surface area contributed by atoms with E-state index in [0.29, 0.717) is 23.7 Å². The molecule has 0 radical (unpaired) electrons. The number of nitrogens with two attached hydrogens (primary N) is 1. The largest absolute Gasteiger partial charge is 0.489 e. The molecule has 1 aliphatic carbocycles. The van der Waals surface area contributed by atoms with Gasteiger partial charge in [-0.15, -0.1) is 0 Å². The van der Waals surface area contributed by atoms with E-state index in [-0.39, 0.29) is 16.7 Å². The van der Waals surface area contributed by atoms with Gasteiger partial charge < -0.3 is 10.5 Å². The number of imidazole rings is 1. The highest BCUT2D eigenvalue weighted by molar-refractivity contribution is 7.92. The molecule has 37 heavy (non-hydrogen) atoms. The molecule has 3 aromatic rings. The lowest BCUT2D eigenvalue weighted by molar-refractivity contribution is 0.181. The number of sulfonamides is 1. The Kier molecular flexibility index (Phi) is 7.71. The molecule has 9 heteroatoms. The summed E-state index contributed by atoms with van der Waals surface area (Å²) in [7, 11) is -3.77. The maximum Gasteiger partial charge on any atom is 0.332 e. The summed E-state index contributed by atoms with van der Waals surface area (Å²) in [5.74, 6) is 1.50. The van der Waals surface area contributed by atoms with E-state index >= 15 is 0 Å². The summed E-state index contributed by atoms with van der Waals surface area (Å²) in [4.78, 5) is 13.1. The summed E-state index contributed by atoms with van der Waals surface area (Å²) in [6.07, 6.45) is 13.9. The fourth-order valence-corrected chi connectivity index (χ4v) is 6.57. The number of benzene rings is 2. The van der Waals surface area contributed by atoms with Gasteiger partial charge in [-0.25, -0.2) is 13.2 Å². The summed E-state index contributed by atoms with van der Waals surface area (Å²) in [5.41, 5.74) is 7.61. The van der Waals surface area contributed by atoms with Crippen molar-refractivity contribution < 1.29 is 13.2 Å². The van der Waals surface area contributed by atoms with Crippen molar-refractivity contribution in [2.75, 3.05) is 11.3 Å². The number of nitrogens with zero attached hydrogens (tertiary/aromatic N) is 2. The molecule has 0 bridgehead atoms. The van der Waals surface area contributed by atoms with Crippen LogP contribution in [0.1, 0.15) is 56.9 Å². The van der Waals surface area contributed by atoms with Gasteiger partial charge in [0.15, 0.2) is 0 Å². The van der Waals surface area contributed by atoms with Crippen LogP contribution in [0, 0.1) is 5.92 Å². The molecule has 0 amide bonds. The number of ether oxygens (including phenoxy) is 1. The molecule has 1 aliphatic heterocycles. The number of aryl methyl sites for hydroxylation is 2. The van der Waals surface area contributed by atoms with Crippen molar-refractivity contribution in [2.24, 2.45) is 11.7 Å². The number of fused-ring (bicyclic) bond motifs is 1. The topological polar surface area (TPSA) is 108 Å². The number of aromatic nitrogens is 2. The smallest absolute Gasteiger partial charge is 0.332 e. The van der Waals surface area contributed by atoms with Gasteiger partial charge in [-0.1, -0.05) is 32.1 Å². The van der Waals surface area contributed by atoms with Gasteiger partial charge in [-0.3, -0.25) is 13.9 Å². The van der Waals surface area contributed by atoms with E-state index in [1.807, 2.05) is 6.20 Å². The third kappa shape index (κ3) is 5.93. The Morgan fingerprint density at radius 1 is 1.00 bits per heavy atom. The van der Waals surface area contributed by atoms with E-state index in [0.717, 1.165) is 37.3 Å².